The van der Waals surface area contributed by atoms with Gasteiger partial charge in [-0.1, -0.05) is 36.0 Å². The van der Waals surface area contributed by atoms with Gasteiger partial charge in [0.05, 0.1) is 16.8 Å². The number of nitrogens with one attached hydrogen (secondary N) is 1. The smallest absolute Gasteiger partial charge is 0.283 e. The van der Waals surface area contributed by atoms with Crippen molar-refractivity contribution in [1.29, 1.82) is 0 Å². The van der Waals surface area contributed by atoms with Crippen molar-refractivity contribution in [3.8, 4) is 0 Å². The van der Waals surface area contributed by atoms with E-state index in [-0.39, 0.29) is 23.0 Å². The summed E-state index contributed by atoms with van der Waals surface area (Å²) in [6.07, 6.45) is 0. The molecule has 3 rings (SSSR count). The second-order valence-corrected chi connectivity index (χ2v) is 6.61. The van der Waals surface area contributed by atoms with Gasteiger partial charge in [-0.25, -0.2) is 9.37 Å². The molecule has 1 amide bonds. The Morgan fingerprint density at radius 3 is 2.65 bits per heavy atom. The number of fused-ring (bicyclic) bond motifs is 1. The fourth-order valence-corrected chi connectivity index (χ4v) is 3.33. The molecule has 26 heavy (non-hydrogen) atoms. The van der Waals surface area contributed by atoms with E-state index >= 15 is 0 Å². The molecule has 0 saturated carbocycles. The average Bonchev–Trinajstić information content (AvgIpc) is 2.66. The van der Waals surface area contributed by atoms with Crippen LogP contribution in [0.3, 0.4) is 0 Å². The van der Waals surface area contributed by atoms with E-state index < -0.39 is 0 Å². The van der Waals surface area contributed by atoms with E-state index in [4.69, 9.17) is 0 Å². The molecule has 0 fully saturated rings. The fourth-order valence-electron chi connectivity index (χ4n) is 2.56. The molecular weight excluding hydrogens is 353 g/mol. The van der Waals surface area contributed by atoms with Crippen molar-refractivity contribution in [2.24, 2.45) is 0 Å². The minimum atomic E-state index is -0.315. The highest BCUT2D eigenvalue weighted by atomic mass is 32.2. The highest BCUT2D eigenvalue weighted by Gasteiger charge is 2.12. The maximum atomic E-state index is 12.9. The van der Waals surface area contributed by atoms with Gasteiger partial charge < -0.3 is 9.88 Å². The molecule has 0 aliphatic rings. The van der Waals surface area contributed by atoms with Gasteiger partial charge >= 0.3 is 0 Å². The van der Waals surface area contributed by atoms with Crippen molar-refractivity contribution in [3.05, 3.63) is 70.3 Å². The Bertz CT molecular complexity index is 986. The van der Waals surface area contributed by atoms with Gasteiger partial charge in [-0.3, -0.25) is 9.59 Å². The van der Waals surface area contributed by atoms with Gasteiger partial charge in [0.15, 0.2) is 5.03 Å². The number of carbonyl (C=O) groups is 1. The Morgan fingerprint density at radius 1 is 1.19 bits per heavy atom. The number of nitrogens with zero attached hydrogens (tertiary/aromatic N) is 2. The monoisotopic (exact) mass is 371 g/mol. The predicted octanol–water partition coefficient (Wildman–Crippen LogP) is 2.96. The molecule has 1 aromatic heterocycles. The lowest BCUT2D eigenvalue weighted by atomic mass is 10.2. The molecule has 0 atom stereocenters. The Morgan fingerprint density at radius 2 is 1.92 bits per heavy atom. The summed E-state index contributed by atoms with van der Waals surface area (Å²) in [5.41, 5.74) is 2.12. The maximum Gasteiger partial charge on any atom is 0.283 e. The van der Waals surface area contributed by atoms with Crippen molar-refractivity contribution in [1.82, 2.24) is 14.9 Å². The molecule has 1 N–H and O–H groups in total. The zero-order chi connectivity index (χ0) is 18.5. The summed E-state index contributed by atoms with van der Waals surface area (Å²) in [6.45, 7) is 2.74. The number of hydrogen-bond acceptors (Lipinski definition) is 4. The highest BCUT2D eigenvalue weighted by molar-refractivity contribution is 7.99. The molecular formula is C19H18FN3O2S. The molecule has 0 unspecified atom stereocenters. The van der Waals surface area contributed by atoms with Gasteiger partial charge in [-0.05, 0) is 36.8 Å². The number of amides is 1. The topological polar surface area (TPSA) is 64.0 Å². The van der Waals surface area contributed by atoms with E-state index in [2.05, 4.69) is 10.3 Å². The van der Waals surface area contributed by atoms with E-state index in [1.165, 1.54) is 12.1 Å². The van der Waals surface area contributed by atoms with E-state index in [0.717, 1.165) is 28.4 Å². The Hall–Kier alpha value is -2.67. The number of benzene rings is 2. The van der Waals surface area contributed by atoms with Crippen molar-refractivity contribution >= 4 is 28.7 Å². The Kier molecular flexibility index (Phi) is 5.68. The average molecular weight is 371 g/mol. The van der Waals surface area contributed by atoms with Crippen LogP contribution in [0.15, 0.2) is 58.4 Å². The van der Waals surface area contributed by atoms with Crippen LogP contribution in [0.25, 0.3) is 11.0 Å². The van der Waals surface area contributed by atoms with Crippen LogP contribution in [-0.2, 0) is 17.9 Å². The quantitative estimate of drug-likeness (QED) is 0.677. The zero-order valence-corrected chi connectivity index (χ0v) is 15.1. The normalized spacial score (nSPS) is 10.8. The molecule has 0 radical (unpaired) electrons. The van der Waals surface area contributed by atoms with Gasteiger partial charge in [0.2, 0.25) is 5.91 Å². The first-order chi connectivity index (χ1) is 12.6. The molecule has 0 aliphatic carbocycles. The van der Waals surface area contributed by atoms with Crippen LogP contribution in [0.4, 0.5) is 4.39 Å². The zero-order valence-electron chi connectivity index (χ0n) is 14.2. The number of aromatic nitrogens is 2. The molecule has 2 aromatic carbocycles. The number of aryl methyl sites for hydroxylation is 1. The van der Waals surface area contributed by atoms with Crippen LogP contribution in [0, 0.1) is 5.82 Å². The first-order valence-corrected chi connectivity index (χ1v) is 9.20. The van der Waals surface area contributed by atoms with Crippen LogP contribution in [0.1, 0.15) is 12.5 Å². The van der Waals surface area contributed by atoms with Crippen LogP contribution in [-0.4, -0.2) is 21.2 Å². The summed E-state index contributed by atoms with van der Waals surface area (Å²) < 4.78 is 14.5. The molecule has 0 bridgehead atoms. The van der Waals surface area contributed by atoms with Gasteiger partial charge in [0.25, 0.3) is 5.56 Å². The number of rotatable bonds is 6. The van der Waals surface area contributed by atoms with Gasteiger partial charge in [0, 0.05) is 13.1 Å². The number of thioether (sulfide) groups is 1. The summed E-state index contributed by atoms with van der Waals surface area (Å²) in [4.78, 5) is 29.0. The lowest BCUT2D eigenvalue weighted by molar-refractivity contribution is -0.118. The third-order valence-electron chi connectivity index (χ3n) is 3.88. The lowest BCUT2D eigenvalue weighted by Crippen LogP contribution is -2.26. The highest BCUT2D eigenvalue weighted by Crippen LogP contribution is 2.16. The minimum Gasteiger partial charge on any atom is -0.351 e. The third kappa shape index (κ3) is 4.11. The Balaban J connectivity index is 1.67. The summed E-state index contributed by atoms with van der Waals surface area (Å²) in [5, 5.41) is 3.06. The van der Waals surface area contributed by atoms with Crippen molar-refractivity contribution in [2.45, 2.75) is 25.0 Å². The number of halogens is 1. The predicted molar refractivity (Wildman–Crippen MR) is 101 cm³/mol. The Labute approximate surface area is 154 Å². The largest absolute Gasteiger partial charge is 0.351 e. The van der Waals surface area contributed by atoms with Gasteiger partial charge in [-0.2, -0.15) is 0 Å². The summed E-state index contributed by atoms with van der Waals surface area (Å²) in [6, 6.07) is 13.4. The lowest BCUT2D eigenvalue weighted by Gasteiger charge is -2.10. The van der Waals surface area contributed by atoms with Crippen LogP contribution >= 0.6 is 11.8 Å². The van der Waals surface area contributed by atoms with Crippen molar-refractivity contribution in [2.75, 3.05) is 5.75 Å². The van der Waals surface area contributed by atoms with E-state index in [0.29, 0.717) is 18.1 Å². The third-order valence-corrected chi connectivity index (χ3v) is 4.83. The number of hydrogen-bond donors (Lipinski definition) is 1. The summed E-state index contributed by atoms with van der Waals surface area (Å²) >= 11 is 1.12. The summed E-state index contributed by atoms with van der Waals surface area (Å²) in [5.74, 6) is -0.437. The van der Waals surface area contributed by atoms with Gasteiger partial charge in [-0.15, -0.1) is 0 Å². The van der Waals surface area contributed by atoms with E-state index in [9.17, 15) is 14.0 Å². The molecule has 3 aromatic rings. The SMILES string of the molecule is CCn1c(=O)c(SCC(=O)NCc2ccc(F)cc2)nc2ccccc21. The standard InChI is InChI=1S/C19H18FN3O2S/c1-2-23-16-6-4-3-5-15(16)22-18(19(23)25)26-12-17(24)21-11-13-7-9-14(20)10-8-13/h3-10H,2,11-12H2,1H3,(H,21,24). The van der Waals surface area contributed by atoms with Gasteiger partial charge in [0.1, 0.15) is 5.82 Å². The molecule has 134 valence electrons. The minimum absolute atomic E-state index is 0.0888. The van der Waals surface area contributed by atoms with Crippen LogP contribution in [0.5, 0.6) is 0 Å². The van der Waals surface area contributed by atoms with Crippen molar-refractivity contribution in [3.63, 3.8) is 0 Å². The number of para-hydroxylation sites is 2. The van der Waals surface area contributed by atoms with E-state index in [1.807, 2.05) is 31.2 Å². The maximum absolute atomic E-state index is 12.9. The number of carbonyl (C=O) groups excluding carboxylic acids is 1. The van der Waals surface area contributed by atoms with Crippen LogP contribution in [0.2, 0.25) is 0 Å². The first kappa shape index (κ1) is 18.1. The second-order valence-electron chi connectivity index (χ2n) is 5.65. The fraction of sp³-hybridized carbons (Fsp3) is 0.211. The molecule has 7 heteroatoms. The molecule has 5 nitrogen and oxygen atoms in total. The van der Waals surface area contributed by atoms with Crippen LogP contribution < -0.4 is 10.9 Å². The summed E-state index contributed by atoms with van der Waals surface area (Å²) in [7, 11) is 0. The first-order valence-electron chi connectivity index (χ1n) is 8.22. The molecule has 0 spiro atoms. The van der Waals surface area contributed by atoms with E-state index in [1.54, 1.807) is 16.7 Å². The van der Waals surface area contributed by atoms with Crippen molar-refractivity contribution < 1.29 is 9.18 Å². The molecule has 1 heterocycles. The molecule has 0 aliphatic heterocycles. The molecule has 0 saturated heterocycles. The second kappa shape index (κ2) is 8.14.